The van der Waals surface area contributed by atoms with Crippen molar-refractivity contribution in [3.63, 3.8) is 0 Å². The van der Waals surface area contributed by atoms with Crippen molar-refractivity contribution < 1.29 is 14.3 Å². The third-order valence-corrected chi connectivity index (χ3v) is 3.74. The second-order valence-electron chi connectivity index (χ2n) is 4.41. The zero-order chi connectivity index (χ0) is 14.8. The summed E-state index contributed by atoms with van der Waals surface area (Å²) in [6.45, 7) is 4.55. The molecule has 1 rings (SSSR count). The van der Waals surface area contributed by atoms with Gasteiger partial charge < -0.3 is 10.1 Å². The zero-order valence-corrected chi connectivity index (χ0v) is 12.9. The smallest absolute Gasteiger partial charge is 0.305 e. The van der Waals surface area contributed by atoms with Crippen LogP contribution in [-0.2, 0) is 20.9 Å². The van der Waals surface area contributed by atoms with E-state index in [1.54, 1.807) is 11.3 Å². The normalized spacial score (nSPS) is 10.6. The Kier molecular flexibility index (Phi) is 7.91. The van der Waals surface area contributed by atoms with E-state index in [0.29, 0.717) is 25.9 Å². The Balaban J connectivity index is 2.20. The first kappa shape index (κ1) is 16.7. The molecule has 112 valence electrons. The molecule has 0 radical (unpaired) electrons. The topological polar surface area (TPSA) is 58.6 Å². The Hall–Kier alpha value is -1.40. The van der Waals surface area contributed by atoms with Gasteiger partial charge >= 0.3 is 5.97 Å². The van der Waals surface area contributed by atoms with Gasteiger partial charge in [0.15, 0.2) is 0 Å². The van der Waals surface area contributed by atoms with E-state index in [1.807, 2.05) is 18.4 Å². The molecule has 6 heteroatoms. The molecule has 0 fully saturated rings. The summed E-state index contributed by atoms with van der Waals surface area (Å²) < 4.78 is 4.54. The number of methoxy groups -OCH3 is 1. The van der Waals surface area contributed by atoms with Crippen molar-refractivity contribution >= 4 is 23.2 Å². The lowest BCUT2D eigenvalue weighted by molar-refractivity contribution is -0.140. The molecule has 0 aliphatic rings. The molecule has 0 spiro atoms. The number of hydrogen-bond donors (Lipinski definition) is 1. The van der Waals surface area contributed by atoms with Crippen LogP contribution in [0.2, 0.25) is 0 Å². The lowest BCUT2D eigenvalue weighted by atomic mass is 10.3. The predicted molar refractivity (Wildman–Crippen MR) is 79.5 cm³/mol. The number of nitrogens with one attached hydrogen (secondary N) is 1. The molecule has 0 bridgehead atoms. The second-order valence-corrected chi connectivity index (χ2v) is 5.44. The summed E-state index contributed by atoms with van der Waals surface area (Å²) >= 11 is 1.70. The van der Waals surface area contributed by atoms with Crippen LogP contribution in [0.4, 0.5) is 0 Å². The SMILES string of the molecule is CCN(CC(=O)NCCCC(=O)OC)Cc1cccs1. The van der Waals surface area contributed by atoms with Crippen LogP contribution in [0, 0.1) is 0 Å². The lowest BCUT2D eigenvalue weighted by Crippen LogP contribution is -2.37. The molecular weight excluding hydrogens is 276 g/mol. The van der Waals surface area contributed by atoms with Gasteiger partial charge in [-0.15, -0.1) is 11.3 Å². The van der Waals surface area contributed by atoms with Gasteiger partial charge in [0, 0.05) is 24.4 Å². The first-order chi connectivity index (χ1) is 9.65. The average molecular weight is 298 g/mol. The van der Waals surface area contributed by atoms with E-state index < -0.39 is 0 Å². The molecule has 5 nitrogen and oxygen atoms in total. The van der Waals surface area contributed by atoms with Crippen LogP contribution in [0.3, 0.4) is 0 Å². The Labute approximate surface area is 123 Å². The van der Waals surface area contributed by atoms with Gasteiger partial charge in [-0.25, -0.2) is 0 Å². The number of carbonyl (C=O) groups excluding carboxylic acids is 2. The van der Waals surface area contributed by atoms with Crippen LogP contribution in [0.15, 0.2) is 17.5 Å². The number of likely N-dealkylation sites (N-methyl/N-ethyl adjacent to an activating group) is 1. The van der Waals surface area contributed by atoms with E-state index in [0.717, 1.165) is 13.1 Å². The molecule has 0 aliphatic carbocycles. The van der Waals surface area contributed by atoms with E-state index in [-0.39, 0.29) is 11.9 Å². The Morgan fingerprint density at radius 2 is 2.25 bits per heavy atom. The molecule has 0 aromatic carbocycles. The lowest BCUT2D eigenvalue weighted by Gasteiger charge is -2.18. The standard InChI is InChI=1S/C14H22N2O3S/c1-3-16(10-12-6-5-9-20-12)11-13(17)15-8-4-7-14(18)19-2/h5-6,9H,3-4,7-8,10-11H2,1-2H3,(H,15,17). The van der Waals surface area contributed by atoms with E-state index in [1.165, 1.54) is 12.0 Å². The average Bonchev–Trinajstić information content (AvgIpc) is 2.95. The molecule has 0 saturated carbocycles. The minimum Gasteiger partial charge on any atom is -0.469 e. The van der Waals surface area contributed by atoms with Crippen molar-refractivity contribution in [2.24, 2.45) is 0 Å². The highest BCUT2D eigenvalue weighted by Gasteiger charge is 2.10. The number of amides is 1. The van der Waals surface area contributed by atoms with Gasteiger partial charge in [-0.1, -0.05) is 13.0 Å². The van der Waals surface area contributed by atoms with Gasteiger partial charge in [-0.2, -0.15) is 0 Å². The van der Waals surface area contributed by atoms with E-state index >= 15 is 0 Å². The number of thiophene rings is 1. The number of hydrogen-bond acceptors (Lipinski definition) is 5. The van der Waals surface area contributed by atoms with Crippen LogP contribution in [0.1, 0.15) is 24.6 Å². The molecule has 20 heavy (non-hydrogen) atoms. The van der Waals surface area contributed by atoms with Gasteiger partial charge in [0.1, 0.15) is 0 Å². The van der Waals surface area contributed by atoms with Crippen LogP contribution < -0.4 is 5.32 Å². The van der Waals surface area contributed by atoms with Crippen molar-refractivity contribution in [2.75, 3.05) is 26.7 Å². The summed E-state index contributed by atoms with van der Waals surface area (Å²) in [7, 11) is 1.37. The zero-order valence-electron chi connectivity index (χ0n) is 12.1. The van der Waals surface area contributed by atoms with Crippen molar-refractivity contribution in [1.82, 2.24) is 10.2 Å². The molecule has 1 aromatic rings. The number of esters is 1. The largest absolute Gasteiger partial charge is 0.469 e. The van der Waals surface area contributed by atoms with Crippen molar-refractivity contribution in [3.05, 3.63) is 22.4 Å². The highest BCUT2D eigenvalue weighted by atomic mass is 32.1. The fraction of sp³-hybridized carbons (Fsp3) is 0.571. The summed E-state index contributed by atoms with van der Waals surface area (Å²) in [4.78, 5) is 26.0. The number of carbonyl (C=O) groups is 2. The molecule has 0 aliphatic heterocycles. The van der Waals surface area contributed by atoms with E-state index in [9.17, 15) is 9.59 Å². The van der Waals surface area contributed by atoms with E-state index in [4.69, 9.17) is 0 Å². The maximum absolute atomic E-state index is 11.8. The van der Waals surface area contributed by atoms with Crippen LogP contribution >= 0.6 is 11.3 Å². The minimum atomic E-state index is -0.243. The van der Waals surface area contributed by atoms with Crippen molar-refractivity contribution in [3.8, 4) is 0 Å². The molecule has 0 atom stereocenters. The Morgan fingerprint density at radius 1 is 1.45 bits per heavy atom. The monoisotopic (exact) mass is 298 g/mol. The number of rotatable bonds is 9. The summed E-state index contributed by atoms with van der Waals surface area (Å²) in [5.74, 6) is -0.250. The molecule has 0 saturated heterocycles. The Morgan fingerprint density at radius 3 is 2.85 bits per heavy atom. The molecule has 1 aromatic heterocycles. The molecule has 1 amide bonds. The Bertz CT molecular complexity index is 407. The molecule has 0 unspecified atom stereocenters. The highest BCUT2D eigenvalue weighted by molar-refractivity contribution is 7.09. The van der Waals surface area contributed by atoms with Gasteiger partial charge in [0.05, 0.1) is 13.7 Å². The van der Waals surface area contributed by atoms with Crippen LogP contribution in [0.25, 0.3) is 0 Å². The van der Waals surface area contributed by atoms with Gasteiger partial charge in [0.2, 0.25) is 5.91 Å². The van der Waals surface area contributed by atoms with Crippen molar-refractivity contribution in [1.29, 1.82) is 0 Å². The van der Waals surface area contributed by atoms with Crippen molar-refractivity contribution in [2.45, 2.75) is 26.3 Å². The highest BCUT2D eigenvalue weighted by Crippen LogP contribution is 2.11. The number of ether oxygens (including phenoxy) is 1. The first-order valence-electron chi connectivity index (χ1n) is 6.74. The minimum absolute atomic E-state index is 0.00623. The maximum Gasteiger partial charge on any atom is 0.305 e. The first-order valence-corrected chi connectivity index (χ1v) is 7.62. The fourth-order valence-electron chi connectivity index (χ4n) is 1.72. The molecule has 1 N–H and O–H groups in total. The van der Waals surface area contributed by atoms with E-state index in [2.05, 4.69) is 21.0 Å². The maximum atomic E-state index is 11.8. The third kappa shape index (κ3) is 6.68. The molecule has 1 heterocycles. The number of nitrogens with zero attached hydrogens (tertiary/aromatic N) is 1. The third-order valence-electron chi connectivity index (χ3n) is 2.88. The van der Waals surface area contributed by atoms with Crippen LogP contribution in [0.5, 0.6) is 0 Å². The summed E-state index contributed by atoms with van der Waals surface area (Å²) in [5.41, 5.74) is 0. The summed E-state index contributed by atoms with van der Waals surface area (Å²) in [6.07, 6.45) is 0.943. The van der Waals surface area contributed by atoms with Gasteiger partial charge in [-0.3, -0.25) is 14.5 Å². The predicted octanol–water partition coefficient (Wildman–Crippen LogP) is 1.64. The quantitative estimate of drug-likeness (QED) is 0.556. The molecular formula is C14H22N2O3S. The van der Waals surface area contributed by atoms with Gasteiger partial charge in [-0.05, 0) is 24.4 Å². The van der Waals surface area contributed by atoms with Gasteiger partial charge in [0.25, 0.3) is 0 Å². The summed E-state index contributed by atoms with van der Waals surface area (Å²) in [5, 5.41) is 4.86. The second kappa shape index (κ2) is 9.50. The van der Waals surface area contributed by atoms with Crippen LogP contribution in [-0.4, -0.2) is 43.5 Å². The fourth-order valence-corrected chi connectivity index (χ4v) is 2.47. The summed E-state index contributed by atoms with van der Waals surface area (Å²) in [6, 6.07) is 4.09.